The Kier molecular flexibility index (Phi) is 7.14. The SMILES string of the molecule is COc1ccc(N(c2ccccc2)c2cc3c(c(N(c4ccccc4)c4cccc5sc6ccccc6c45)c2)Oc2ccccc2O3)cc1. The van der Waals surface area contributed by atoms with Crippen molar-refractivity contribution in [2.75, 3.05) is 16.9 Å². The second kappa shape index (κ2) is 12.1. The number of thiophene rings is 1. The van der Waals surface area contributed by atoms with Gasteiger partial charge in [0, 0.05) is 43.3 Å². The predicted molar refractivity (Wildman–Crippen MR) is 202 cm³/mol. The van der Waals surface area contributed by atoms with E-state index in [0.717, 1.165) is 39.9 Å². The van der Waals surface area contributed by atoms with E-state index in [1.807, 2.05) is 59.9 Å². The van der Waals surface area contributed by atoms with Gasteiger partial charge in [-0.25, -0.2) is 0 Å². The first kappa shape index (κ1) is 28.9. The van der Waals surface area contributed by atoms with Crippen molar-refractivity contribution < 1.29 is 14.2 Å². The zero-order valence-electron chi connectivity index (χ0n) is 26.6. The summed E-state index contributed by atoms with van der Waals surface area (Å²) in [6, 6.07) is 56.2. The van der Waals surface area contributed by atoms with Gasteiger partial charge in [0.2, 0.25) is 0 Å². The van der Waals surface area contributed by atoms with E-state index in [1.165, 1.54) is 20.2 Å². The van der Waals surface area contributed by atoms with Crippen LogP contribution in [0.1, 0.15) is 0 Å². The minimum Gasteiger partial charge on any atom is -0.497 e. The smallest absolute Gasteiger partial charge is 0.194 e. The lowest BCUT2D eigenvalue weighted by Crippen LogP contribution is -2.15. The van der Waals surface area contributed by atoms with Crippen molar-refractivity contribution in [1.29, 1.82) is 0 Å². The van der Waals surface area contributed by atoms with Gasteiger partial charge >= 0.3 is 0 Å². The van der Waals surface area contributed by atoms with Crippen LogP contribution in [0.15, 0.2) is 164 Å². The molecule has 0 bridgehead atoms. The molecular weight excluding hydrogens is 625 g/mol. The number of methoxy groups -OCH3 is 1. The van der Waals surface area contributed by atoms with Gasteiger partial charge in [0.1, 0.15) is 5.75 Å². The molecule has 0 aliphatic carbocycles. The molecule has 1 aliphatic rings. The molecule has 0 fully saturated rings. The van der Waals surface area contributed by atoms with E-state index in [9.17, 15) is 0 Å². The van der Waals surface area contributed by atoms with Crippen LogP contribution in [0.2, 0.25) is 0 Å². The van der Waals surface area contributed by atoms with Crippen molar-refractivity contribution >= 4 is 65.6 Å². The Hall–Kier alpha value is -6.24. The molecule has 0 atom stereocenters. The number of hydrogen-bond donors (Lipinski definition) is 0. The van der Waals surface area contributed by atoms with Crippen LogP contribution in [-0.4, -0.2) is 7.11 Å². The third-order valence-corrected chi connectivity index (χ3v) is 9.92. The Balaban J connectivity index is 1.34. The molecule has 0 saturated carbocycles. The quantitative estimate of drug-likeness (QED) is 0.171. The van der Waals surface area contributed by atoms with Crippen molar-refractivity contribution in [1.82, 2.24) is 0 Å². The first-order chi connectivity index (χ1) is 24.2. The molecule has 8 aromatic rings. The van der Waals surface area contributed by atoms with Crippen molar-refractivity contribution in [3.8, 4) is 28.7 Å². The van der Waals surface area contributed by atoms with Gasteiger partial charge in [-0.05, 0) is 84.9 Å². The molecule has 7 aromatic carbocycles. The Morgan fingerprint density at radius 2 is 1.08 bits per heavy atom. The van der Waals surface area contributed by atoms with E-state index < -0.39 is 0 Å². The van der Waals surface area contributed by atoms with Crippen molar-refractivity contribution in [2.45, 2.75) is 0 Å². The zero-order chi connectivity index (χ0) is 32.7. The highest BCUT2D eigenvalue weighted by molar-refractivity contribution is 7.26. The second-order valence-electron chi connectivity index (χ2n) is 11.7. The van der Waals surface area contributed by atoms with Crippen LogP contribution in [0, 0.1) is 0 Å². The Morgan fingerprint density at radius 1 is 0.469 bits per heavy atom. The van der Waals surface area contributed by atoms with Crippen LogP contribution in [0.4, 0.5) is 34.1 Å². The number of nitrogens with zero attached hydrogens (tertiary/aromatic N) is 2. The van der Waals surface area contributed by atoms with Gasteiger partial charge in [-0.2, -0.15) is 0 Å². The Bertz CT molecular complexity index is 2440. The minimum absolute atomic E-state index is 0.629. The topological polar surface area (TPSA) is 34.2 Å². The van der Waals surface area contributed by atoms with E-state index in [4.69, 9.17) is 14.2 Å². The highest BCUT2D eigenvalue weighted by atomic mass is 32.1. The molecule has 0 unspecified atom stereocenters. The molecule has 49 heavy (non-hydrogen) atoms. The zero-order valence-corrected chi connectivity index (χ0v) is 27.4. The standard InChI is InChI=1S/C43H30N2O3S/c1-46-33-25-23-31(24-26-33)44(29-13-4-2-5-14-29)32-27-36(43-39(28-32)47-37-19-9-10-20-38(37)48-43)45(30-15-6-3-7-16-30)35-18-12-22-41-42(35)34-17-8-11-21-40(34)49-41/h2-28H,1H3. The molecule has 2 heterocycles. The number of rotatable bonds is 7. The second-order valence-corrected chi connectivity index (χ2v) is 12.8. The molecule has 9 rings (SSSR count). The lowest BCUT2D eigenvalue weighted by atomic mass is 10.1. The summed E-state index contributed by atoms with van der Waals surface area (Å²) in [5, 5.41) is 2.41. The summed E-state index contributed by atoms with van der Waals surface area (Å²) in [6.45, 7) is 0. The van der Waals surface area contributed by atoms with E-state index in [-0.39, 0.29) is 0 Å². The Morgan fingerprint density at radius 3 is 1.82 bits per heavy atom. The predicted octanol–water partition coefficient (Wildman–Crippen LogP) is 12.9. The minimum atomic E-state index is 0.629. The maximum atomic E-state index is 6.79. The number of hydrogen-bond acceptors (Lipinski definition) is 6. The van der Waals surface area contributed by atoms with Crippen molar-refractivity contribution in [3.63, 3.8) is 0 Å². The summed E-state index contributed by atoms with van der Waals surface area (Å²) < 4.78 is 21.5. The van der Waals surface area contributed by atoms with E-state index >= 15 is 0 Å². The van der Waals surface area contributed by atoms with Gasteiger partial charge in [0.05, 0.1) is 24.2 Å². The summed E-state index contributed by atoms with van der Waals surface area (Å²) in [5.41, 5.74) is 5.81. The van der Waals surface area contributed by atoms with E-state index in [0.29, 0.717) is 23.0 Å². The molecule has 1 aliphatic heterocycles. The average Bonchev–Trinajstić information content (AvgIpc) is 3.55. The first-order valence-corrected chi connectivity index (χ1v) is 16.9. The van der Waals surface area contributed by atoms with Gasteiger partial charge in [-0.1, -0.05) is 72.8 Å². The molecule has 6 heteroatoms. The number of para-hydroxylation sites is 4. The van der Waals surface area contributed by atoms with Crippen LogP contribution in [0.25, 0.3) is 20.2 Å². The fraction of sp³-hybridized carbons (Fsp3) is 0.0233. The fourth-order valence-corrected chi connectivity index (χ4v) is 7.70. The maximum absolute atomic E-state index is 6.79. The third-order valence-electron chi connectivity index (χ3n) is 8.78. The number of benzene rings is 7. The van der Waals surface area contributed by atoms with Gasteiger partial charge in [0.15, 0.2) is 23.0 Å². The lowest BCUT2D eigenvalue weighted by molar-refractivity contribution is 0.360. The molecule has 236 valence electrons. The third kappa shape index (κ3) is 5.10. The van der Waals surface area contributed by atoms with Crippen LogP contribution in [0.3, 0.4) is 0 Å². The molecule has 5 nitrogen and oxygen atoms in total. The van der Waals surface area contributed by atoms with E-state index in [1.54, 1.807) is 7.11 Å². The molecule has 0 saturated heterocycles. The largest absolute Gasteiger partial charge is 0.497 e. The summed E-state index contributed by atoms with van der Waals surface area (Å²) >= 11 is 1.81. The van der Waals surface area contributed by atoms with Gasteiger partial charge in [-0.3, -0.25) is 0 Å². The van der Waals surface area contributed by atoms with Crippen molar-refractivity contribution in [2.24, 2.45) is 0 Å². The van der Waals surface area contributed by atoms with Gasteiger partial charge < -0.3 is 24.0 Å². The average molecular weight is 655 g/mol. The molecule has 0 N–H and O–H groups in total. The molecule has 0 spiro atoms. The molecular formula is C43H30N2O3S. The lowest BCUT2D eigenvalue weighted by Gasteiger charge is -2.33. The Labute approximate surface area is 288 Å². The summed E-state index contributed by atoms with van der Waals surface area (Å²) in [5.74, 6) is 3.41. The molecule has 0 amide bonds. The highest BCUT2D eigenvalue weighted by Crippen LogP contribution is 2.56. The van der Waals surface area contributed by atoms with Crippen LogP contribution in [0.5, 0.6) is 28.7 Å². The summed E-state index contributed by atoms with van der Waals surface area (Å²) in [6.07, 6.45) is 0. The summed E-state index contributed by atoms with van der Waals surface area (Å²) in [7, 11) is 1.68. The highest BCUT2D eigenvalue weighted by Gasteiger charge is 2.30. The normalized spacial score (nSPS) is 11.7. The maximum Gasteiger partial charge on any atom is 0.194 e. The van der Waals surface area contributed by atoms with Crippen LogP contribution < -0.4 is 24.0 Å². The van der Waals surface area contributed by atoms with Crippen molar-refractivity contribution in [3.05, 3.63) is 164 Å². The fourth-order valence-electron chi connectivity index (χ4n) is 6.58. The van der Waals surface area contributed by atoms with Gasteiger partial charge in [-0.15, -0.1) is 11.3 Å². The van der Waals surface area contributed by atoms with Gasteiger partial charge in [0.25, 0.3) is 0 Å². The number of ether oxygens (including phenoxy) is 3. The first-order valence-electron chi connectivity index (χ1n) is 16.1. The molecule has 0 radical (unpaired) electrons. The number of fused-ring (bicyclic) bond motifs is 5. The molecule has 1 aromatic heterocycles. The summed E-state index contributed by atoms with van der Waals surface area (Å²) in [4.78, 5) is 4.54. The monoisotopic (exact) mass is 654 g/mol. The van der Waals surface area contributed by atoms with Crippen LogP contribution in [-0.2, 0) is 0 Å². The number of anilines is 6. The van der Waals surface area contributed by atoms with E-state index in [2.05, 4.69) is 125 Å². The van der Waals surface area contributed by atoms with Crippen LogP contribution >= 0.6 is 11.3 Å².